The lowest BCUT2D eigenvalue weighted by Gasteiger charge is -2.31. The van der Waals surface area contributed by atoms with Crippen LogP contribution in [0.2, 0.25) is 0 Å². The minimum atomic E-state index is 0.658. The van der Waals surface area contributed by atoms with Crippen molar-refractivity contribution in [3.05, 3.63) is 78.8 Å². The minimum absolute atomic E-state index is 0.658. The lowest BCUT2D eigenvalue weighted by Crippen LogP contribution is -2.38. The Kier molecular flexibility index (Phi) is 8.39. The summed E-state index contributed by atoms with van der Waals surface area (Å²) < 4.78 is 11.5. The second-order valence-electron chi connectivity index (χ2n) is 8.75. The molecule has 1 aromatic heterocycles. The van der Waals surface area contributed by atoms with E-state index in [0.29, 0.717) is 11.7 Å². The van der Waals surface area contributed by atoms with E-state index in [2.05, 4.69) is 22.0 Å². The van der Waals surface area contributed by atoms with Gasteiger partial charge in [0.05, 0.1) is 12.8 Å². The zero-order chi connectivity index (χ0) is 22.9. The van der Waals surface area contributed by atoms with Gasteiger partial charge in [-0.15, -0.1) is 0 Å². The molecule has 0 spiro atoms. The Morgan fingerprint density at radius 3 is 2.45 bits per heavy atom. The van der Waals surface area contributed by atoms with Crippen molar-refractivity contribution in [1.82, 2.24) is 9.80 Å². The molecule has 0 atom stereocenters. The predicted octanol–water partition coefficient (Wildman–Crippen LogP) is 6.39. The second kappa shape index (κ2) is 11.9. The summed E-state index contributed by atoms with van der Waals surface area (Å²) in [7, 11) is 0. The number of piperidine rings is 1. The van der Waals surface area contributed by atoms with Crippen molar-refractivity contribution in [2.24, 2.45) is 5.92 Å². The number of para-hydroxylation sites is 1. The molecule has 1 fully saturated rings. The number of benzene rings is 2. The molecule has 1 aliphatic rings. The van der Waals surface area contributed by atoms with E-state index >= 15 is 0 Å². The molecule has 1 saturated heterocycles. The van der Waals surface area contributed by atoms with Crippen LogP contribution in [0.5, 0.6) is 11.5 Å². The Bertz CT molecular complexity index is 968. The lowest BCUT2D eigenvalue weighted by molar-refractivity contribution is 0.185. The summed E-state index contributed by atoms with van der Waals surface area (Å²) in [5, 5.41) is 4.09. The second-order valence-corrected chi connectivity index (χ2v) is 9.13. The van der Waals surface area contributed by atoms with Crippen LogP contribution in [0, 0.1) is 5.92 Å². The minimum Gasteiger partial charge on any atom is -0.467 e. The Morgan fingerprint density at radius 1 is 1.03 bits per heavy atom. The fraction of sp³-hybridized carbons (Fsp3) is 0.370. The molecule has 1 N–H and O–H groups in total. The summed E-state index contributed by atoms with van der Waals surface area (Å²) in [4.78, 5) is 4.77. The lowest BCUT2D eigenvalue weighted by atomic mass is 9.99. The van der Waals surface area contributed by atoms with E-state index in [-0.39, 0.29) is 0 Å². The summed E-state index contributed by atoms with van der Waals surface area (Å²) >= 11 is 5.78. The van der Waals surface area contributed by atoms with Crippen LogP contribution >= 0.6 is 12.2 Å². The molecule has 3 aromatic rings. The molecule has 0 amide bonds. The smallest absolute Gasteiger partial charge is 0.173 e. The first-order valence-corrected chi connectivity index (χ1v) is 12.2. The van der Waals surface area contributed by atoms with Crippen molar-refractivity contribution < 1.29 is 9.15 Å². The van der Waals surface area contributed by atoms with Crippen LogP contribution in [0.3, 0.4) is 0 Å². The number of ether oxygens (including phenoxy) is 1. The highest BCUT2D eigenvalue weighted by Crippen LogP contribution is 2.23. The first kappa shape index (κ1) is 23.3. The van der Waals surface area contributed by atoms with Gasteiger partial charge in [0.1, 0.15) is 17.3 Å². The standard InChI is InChI=1S/C27H33N3O2S/c1-22-14-18-29(19-15-22)16-6-17-30(21-26-9-5-20-31-26)27(33)28-23-10-12-25(13-11-23)32-24-7-3-2-4-8-24/h2-5,7-13,20,22H,6,14-19,21H2,1H3,(H,28,33). The number of nitrogens with one attached hydrogen (secondary N) is 1. The van der Waals surface area contributed by atoms with Crippen molar-refractivity contribution >= 4 is 23.0 Å². The third kappa shape index (κ3) is 7.34. The summed E-state index contributed by atoms with van der Waals surface area (Å²) in [6.07, 6.45) is 5.39. The van der Waals surface area contributed by atoms with Crippen molar-refractivity contribution in [3.8, 4) is 11.5 Å². The van der Waals surface area contributed by atoms with Crippen LogP contribution in [-0.2, 0) is 6.54 Å². The Morgan fingerprint density at radius 2 is 1.76 bits per heavy atom. The van der Waals surface area contributed by atoms with Gasteiger partial charge >= 0.3 is 0 Å². The SMILES string of the molecule is CC1CCN(CCCN(Cc2ccco2)C(=S)Nc2ccc(Oc3ccccc3)cc2)CC1. The third-order valence-electron chi connectivity index (χ3n) is 6.08. The molecule has 1 aliphatic heterocycles. The zero-order valence-corrected chi connectivity index (χ0v) is 20.1. The monoisotopic (exact) mass is 463 g/mol. The maximum atomic E-state index is 5.89. The molecule has 0 bridgehead atoms. The number of hydrogen-bond donors (Lipinski definition) is 1. The molecule has 6 heteroatoms. The fourth-order valence-corrected chi connectivity index (χ4v) is 4.32. The number of nitrogens with zero attached hydrogens (tertiary/aromatic N) is 2. The van der Waals surface area contributed by atoms with Gasteiger partial charge in [0.25, 0.3) is 0 Å². The Balaban J connectivity index is 1.32. The highest BCUT2D eigenvalue weighted by atomic mass is 32.1. The number of anilines is 1. The van der Waals surface area contributed by atoms with Gasteiger partial charge in [-0.25, -0.2) is 0 Å². The molecule has 0 aliphatic carbocycles. The molecular formula is C27H33N3O2S. The molecule has 4 rings (SSSR count). The summed E-state index contributed by atoms with van der Waals surface area (Å²) in [5.41, 5.74) is 0.940. The van der Waals surface area contributed by atoms with Crippen LogP contribution in [-0.4, -0.2) is 41.1 Å². The van der Waals surface area contributed by atoms with Gasteiger partial charge in [-0.2, -0.15) is 0 Å². The van der Waals surface area contributed by atoms with Crippen LogP contribution in [0.15, 0.2) is 77.4 Å². The zero-order valence-electron chi connectivity index (χ0n) is 19.3. The number of likely N-dealkylation sites (tertiary alicyclic amines) is 1. The van der Waals surface area contributed by atoms with Gasteiger partial charge in [-0.05, 0) is 106 Å². The van der Waals surface area contributed by atoms with Gasteiger partial charge in [-0.1, -0.05) is 25.1 Å². The molecule has 0 radical (unpaired) electrons. The quantitative estimate of drug-likeness (QED) is 0.371. The molecule has 0 saturated carbocycles. The van der Waals surface area contributed by atoms with Crippen LogP contribution in [0.4, 0.5) is 5.69 Å². The normalized spacial score (nSPS) is 14.7. The molecule has 33 heavy (non-hydrogen) atoms. The Hall–Kier alpha value is -2.83. The molecule has 2 aromatic carbocycles. The fourth-order valence-electron chi connectivity index (χ4n) is 4.05. The van der Waals surface area contributed by atoms with Crippen LogP contribution in [0.1, 0.15) is 31.9 Å². The summed E-state index contributed by atoms with van der Waals surface area (Å²) in [5.74, 6) is 3.39. The van der Waals surface area contributed by atoms with Crippen molar-refractivity contribution in [1.29, 1.82) is 0 Å². The number of furan rings is 1. The summed E-state index contributed by atoms with van der Waals surface area (Å²) in [6, 6.07) is 21.6. The van der Waals surface area contributed by atoms with Gasteiger partial charge in [-0.3, -0.25) is 0 Å². The summed E-state index contributed by atoms with van der Waals surface area (Å²) in [6.45, 7) is 7.42. The highest BCUT2D eigenvalue weighted by molar-refractivity contribution is 7.80. The highest BCUT2D eigenvalue weighted by Gasteiger charge is 2.17. The number of hydrogen-bond acceptors (Lipinski definition) is 4. The van der Waals surface area contributed by atoms with E-state index in [1.165, 1.54) is 25.9 Å². The van der Waals surface area contributed by atoms with E-state index in [1.54, 1.807) is 6.26 Å². The molecule has 2 heterocycles. The molecule has 5 nitrogen and oxygen atoms in total. The van der Waals surface area contributed by atoms with Crippen LogP contribution < -0.4 is 10.1 Å². The topological polar surface area (TPSA) is 40.9 Å². The van der Waals surface area contributed by atoms with Gasteiger partial charge in [0.15, 0.2) is 5.11 Å². The maximum absolute atomic E-state index is 5.89. The van der Waals surface area contributed by atoms with Crippen molar-refractivity contribution in [3.63, 3.8) is 0 Å². The first-order valence-electron chi connectivity index (χ1n) is 11.8. The van der Waals surface area contributed by atoms with E-state index in [1.807, 2.05) is 66.7 Å². The molecule has 174 valence electrons. The van der Waals surface area contributed by atoms with Gasteiger partial charge < -0.3 is 24.3 Å². The average Bonchev–Trinajstić information content (AvgIpc) is 3.35. The number of thiocarbonyl (C=S) groups is 1. The average molecular weight is 464 g/mol. The van der Waals surface area contributed by atoms with E-state index in [0.717, 1.165) is 48.4 Å². The largest absolute Gasteiger partial charge is 0.467 e. The van der Waals surface area contributed by atoms with Gasteiger partial charge in [0.2, 0.25) is 0 Å². The molecule has 0 unspecified atom stereocenters. The van der Waals surface area contributed by atoms with E-state index < -0.39 is 0 Å². The Labute approximate surface area is 202 Å². The maximum Gasteiger partial charge on any atom is 0.173 e. The van der Waals surface area contributed by atoms with Crippen molar-refractivity contribution in [2.45, 2.75) is 32.7 Å². The van der Waals surface area contributed by atoms with Crippen molar-refractivity contribution in [2.75, 3.05) is 31.5 Å². The predicted molar refractivity (Wildman–Crippen MR) is 138 cm³/mol. The van der Waals surface area contributed by atoms with Crippen LogP contribution in [0.25, 0.3) is 0 Å². The van der Waals surface area contributed by atoms with E-state index in [9.17, 15) is 0 Å². The third-order valence-corrected chi connectivity index (χ3v) is 6.44. The number of rotatable bonds is 9. The first-order chi connectivity index (χ1) is 16.2. The van der Waals surface area contributed by atoms with Gasteiger partial charge in [0, 0.05) is 12.2 Å². The van der Waals surface area contributed by atoms with E-state index in [4.69, 9.17) is 21.4 Å². The molecular weight excluding hydrogens is 430 g/mol.